The monoisotopic (exact) mass is 235 g/mol. The van der Waals surface area contributed by atoms with Crippen molar-refractivity contribution >= 4 is 0 Å². The van der Waals surface area contributed by atoms with Crippen LogP contribution in [-0.2, 0) is 0 Å². The molecule has 0 saturated heterocycles. The molecule has 96 valence electrons. The Morgan fingerprint density at radius 3 is 2.29 bits per heavy atom. The molecule has 0 amide bonds. The lowest BCUT2D eigenvalue weighted by Crippen LogP contribution is -2.27. The van der Waals surface area contributed by atoms with Crippen LogP contribution in [0.5, 0.6) is 5.75 Å². The third kappa shape index (κ3) is 4.04. The van der Waals surface area contributed by atoms with Gasteiger partial charge in [0.25, 0.3) is 0 Å². The summed E-state index contributed by atoms with van der Waals surface area (Å²) in [4.78, 5) is 2.23. The van der Waals surface area contributed by atoms with Crippen LogP contribution in [0, 0.1) is 11.8 Å². The van der Waals surface area contributed by atoms with Crippen molar-refractivity contribution in [3.05, 3.63) is 29.8 Å². The van der Waals surface area contributed by atoms with E-state index in [4.69, 9.17) is 0 Å². The molecule has 0 saturated carbocycles. The van der Waals surface area contributed by atoms with Crippen LogP contribution in [0.4, 0.5) is 0 Å². The third-order valence-electron chi connectivity index (χ3n) is 3.24. The Balaban J connectivity index is 2.93. The summed E-state index contributed by atoms with van der Waals surface area (Å²) in [5.41, 5.74) is 1.24. The number of hydrogen-bond acceptors (Lipinski definition) is 2. The van der Waals surface area contributed by atoms with Crippen LogP contribution in [0.1, 0.15) is 32.3 Å². The maximum absolute atomic E-state index is 9.60. The zero-order chi connectivity index (χ0) is 13.0. The molecule has 0 radical (unpaired) electrons. The number of phenols is 1. The number of rotatable bonds is 5. The number of benzene rings is 1. The van der Waals surface area contributed by atoms with Gasteiger partial charge in [0, 0.05) is 6.54 Å². The van der Waals surface area contributed by atoms with Gasteiger partial charge < -0.3 is 10.0 Å². The fourth-order valence-corrected chi connectivity index (χ4v) is 2.79. The average molecular weight is 235 g/mol. The first kappa shape index (κ1) is 14.0. The molecule has 0 aliphatic heterocycles. The van der Waals surface area contributed by atoms with Gasteiger partial charge in [-0.2, -0.15) is 0 Å². The second kappa shape index (κ2) is 6.06. The van der Waals surface area contributed by atoms with Gasteiger partial charge in [-0.15, -0.1) is 0 Å². The molecule has 0 aromatic heterocycles. The van der Waals surface area contributed by atoms with Crippen LogP contribution in [-0.4, -0.2) is 30.6 Å². The van der Waals surface area contributed by atoms with Gasteiger partial charge >= 0.3 is 0 Å². The van der Waals surface area contributed by atoms with E-state index in [1.807, 2.05) is 12.1 Å². The van der Waals surface area contributed by atoms with Crippen LogP contribution in [0.15, 0.2) is 24.3 Å². The highest BCUT2D eigenvalue weighted by molar-refractivity contribution is 5.30. The number of nitrogens with zero attached hydrogens (tertiary/aromatic N) is 1. The quantitative estimate of drug-likeness (QED) is 0.846. The highest BCUT2D eigenvalue weighted by Crippen LogP contribution is 2.33. The molecule has 0 bridgehead atoms. The minimum atomic E-state index is 0.366. The van der Waals surface area contributed by atoms with E-state index in [1.165, 1.54) is 5.56 Å². The highest BCUT2D eigenvalue weighted by Gasteiger charge is 2.23. The van der Waals surface area contributed by atoms with E-state index in [0.717, 1.165) is 6.54 Å². The molecule has 17 heavy (non-hydrogen) atoms. The molecular formula is C15H25NO. The molecule has 0 unspecified atom stereocenters. The second-order valence-electron chi connectivity index (χ2n) is 5.60. The van der Waals surface area contributed by atoms with Crippen LogP contribution < -0.4 is 0 Å². The summed E-state index contributed by atoms with van der Waals surface area (Å²) in [6, 6.07) is 7.69. The van der Waals surface area contributed by atoms with Crippen LogP contribution in [0.3, 0.4) is 0 Å². The molecule has 2 nitrogen and oxygen atoms in total. The van der Waals surface area contributed by atoms with Crippen LogP contribution in [0.25, 0.3) is 0 Å². The Hall–Kier alpha value is -1.02. The molecule has 1 aromatic rings. The largest absolute Gasteiger partial charge is 0.508 e. The summed E-state index contributed by atoms with van der Waals surface area (Å²) >= 11 is 0. The summed E-state index contributed by atoms with van der Waals surface area (Å²) in [6.45, 7) is 7.86. The van der Waals surface area contributed by atoms with Crippen molar-refractivity contribution in [2.45, 2.75) is 26.7 Å². The normalized spacial score (nSPS) is 15.2. The van der Waals surface area contributed by atoms with E-state index in [-0.39, 0.29) is 0 Å². The predicted molar refractivity (Wildman–Crippen MR) is 73.4 cm³/mol. The molecule has 1 rings (SSSR count). The minimum absolute atomic E-state index is 0.366. The van der Waals surface area contributed by atoms with Crippen molar-refractivity contribution in [2.24, 2.45) is 11.8 Å². The third-order valence-corrected chi connectivity index (χ3v) is 3.24. The highest BCUT2D eigenvalue weighted by atomic mass is 16.3. The molecule has 0 fully saturated rings. The maximum atomic E-state index is 9.60. The smallest absolute Gasteiger partial charge is 0.115 e. The molecule has 2 heteroatoms. The standard InChI is InChI=1S/C15H25NO/c1-11(2)15(12(3)10-16(4)5)13-7-6-8-14(17)9-13/h6-9,11-12,15,17H,10H2,1-5H3/t12-,15+/m0/s1. The number of phenolic OH excluding ortho intramolecular Hbond substituents is 1. The lowest BCUT2D eigenvalue weighted by molar-refractivity contribution is 0.271. The number of aromatic hydroxyl groups is 1. The van der Waals surface area contributed by atoms with Gasteiger partial charge in [0.15, 0.2) is 0 Å². The van der Waals surface area contributed by atoms with Gasteiger partial charge in [-0.25, -0.2) is 0 Å². The first-order valence-corrected chi connectivity index (χ1v) is 6.35. The summed E-state index contributed by atoms with van der Waals surface area (Å²) in [6.07, 6.45) is 0. The molecule has 0 heterocycles. The first-order chi connectivity index (χ1) is 7.91. The van der Waals surface area contributed by atoms with E-state index >= 15 is 0 Å². The van der Waals surface area contributed by atoms with Crippen molar-refractivity contribution in [3.63, 3.8) is 0 Å². The Bertz CT molecular complexity index is 347. The number of hydrogen-bond donors (Lipinski definition) is 1. The molecule has 0 spiro atoms. The fourth-order valence-electron chi connectivity index (χ4n) is 2.79. The summed E-state index contributed by atoms with van der Waals surface area (Å²) in [5.74, 6) is 2.01. The average Bonchev–Trinajstić information content (AvgIpc) is 2.15. The Morgan fingerprint density at radius 2 is 1.82 bits per heavy atom. The molecule has 1 aromatic carbocycles. The molecular weight excluding hydrogens is 210 g/mol. The van der Waals surface area contributed by atoms with Crippen molar-refractivity contribution in [2.75, 3.05) is 20.6 Å². The van der Waals surface area contributed by atoms with Crippen molar-refractivity contribution in [1.29, 1.82) is 0 Å². The molecule has 0 aliphatic rings. The summed E-state index contributed by atoms with van der Waals surface area (Å²) in [5, 5.41) is 9.60. The van der Waals surface area contributed by atoms with E-state index < -0.39 is 0 Å². The fraction of sp³-hybridized carbons (Fsp3) is 0.600. The topological polar surface area (TPSA) is 23.5 Å². The van der Waals surface area contributed by atoms with Gasteiger partial charge in [-0.1, -0.05) is 32.9 Å². The van der Waals surface area contributed by atoms with E-state index in [9.17, 15) is 5.11 Å². The second-order valence-corrected chi connectivity index (χ2v) is 5.60. The minimum Gasteiger partial charge on any atom is -0.508 e. The van der Waals surface area contributed by atoms with Crippen LogP contribution in [0.2, 0.25) is 0 Å². The van der Waals surface area contributed by atoms with Crippen LogP contribution >= 0.6 is 0 Å². The molecule has 0 aliphatic carbocycles. The van der Waals surface area contributed by atoms with Crippen molar-refractivity contribution < 1.29 is 5.11 Å². The predicted octanol–water partition coefficient (Wildman–Crippen LogP) is 3.33. The summed E-state index contributed by atoms with van der Waals surface area (Å²) < 4.78 is 0. The Morgan fingerprint density at radius 1 is 1.18 bits per heavy atom. The van der Waals surface area contributed by atoms with E-state index in [2.05, 4.69) is 45.8 Å². The first-order valence-electron chi connectivity index (χ1n) is 6.35. The maximum Gasteiger partial charge on any atom is 0.115 e. The Labute approximate surface area is 105 Å². The molecule has 1 N–H and O–H groups in total. The van der Waals surface area contributed by atoms with E-state index in [1.54, 1.807) is 6.07 Å². The van der Waals surface area contributed by atoms with Gasteiger partial charge in [0.05, 0.1) is 0 Å². The SMILES string of the molecule is CC(C)[C@@H](c1cccc(O)c1)[C@@H](C)CN(C)C. The van der Waals surface area contributed by atoms with Gasteiger partial charge in [-0.3, -0.25) is 0 Å². The lowest BCUT2D eigenvalue weighted by Gasteiger charge is -2.30. The van der Waals surface area contributed by atoms with E-state index in [0.29, 0.717) is 23.5 Å². The van der Waals surface area contributed by atoms with Gasteiger partial charge in [0.1, 0.15) is 5.75 Å². The van der Waals surface area contributed by atoms with Crippen molar-refractivity contribution in [1.82, 2.24) is 4.90 Å². The lowest BCUT2D eigenvalue weighted by atomic mass is 9.79. The Kier molecular flexibility index (Phi) is 5.01. The molecule has 2 atom stereocenters. The van der Waals surface area contributed by atoms with Gasteiger partial charge in [0.2, 0.25) is 0 Å². The van der Waals surface area contributed by atoms with Gasteiger partial charge in [-0.05, 0) is 49.5 Å². The zero-order valence-electron chi connectivity index (χ0n) is 11.6. The van der Waals surface area contributed by atoms with Crippen molar-refractivity contribution in [3.8, 4) is 5.75 Å². The summed E-state index contributed by atoms with van der Waals surface area (Å²) in [7, 11) is 4.21. The zero-order valence-corrected chi connectivity index (χ0v) is 11.6.